The molecule has 1 heterocycles. The minimum atomic E-state index is 0.142. The number of guanidine groups is 1. The summed E-state index contributed by atoms with van der Waals surface area (Å²) in [7, 11) is 1.54. The quantitative estimate of drug-likeness (QED) is 0.561. The van der Waals surface area contributed by atoms with Gasteiger partial charge < -0.3 is 20.5 Å². The molecule has 2 rings (SSSR count). The number of hydrogen-bond donors (Lipinski definition) is 3. The first-order chi connectivity index (χ1) is 11.2. The number of nitrogens with zero attached hydrogens (tertiary/aromatic N) is 1. The van der Waals surface area contributed by atoms with Gasteiger partial charge in [0.2, 0.25) is 0 Å². The molecule has 0 aliphatic carbocycles. The van der Waals surface area contributed by atoms with Gasteiger partial charge in [-0.3, -0.25) is 0 Å². The molecule has 23 heavy (non-hydrogen) atoms. The number of nitrogens with one attached hydrogen (secondary N) is 2. The first-order valence-electron chi connectivity index (χ1n) is 7.55. The van der Waals surface area contributed by atoms with Crippen molar-refractivity contribution in [1.82, 2.24) is 10.6 Å². The Morgan fingerprint density at radius 2 is 2.13 bits per heavy atom. The number of aryl methyl sites for hydroxylation is 1. The lowest BCUT2D eigenvalue weighted by molar-refractivity contribution is 0.370. The van der Waals surface area contributed by atoms with Gasteiger partial charge >= 0.3 is 0 Å². The summed E-state index contributed by atoms with van der Waals surface area (Å²) in [6.45, 7) is 6.02. The lowest BCUT2D eigenvalue weighted by atomic mass is 10.2. The SMILES string of the molecule is CCNC(=NCc1cccc(OC)c1O)NCc1sccc1C. The van der Waals surface area contributed by atoms with Gasteiger partial charge in [0.05, 0.1) is 20.2 Å². The predicted molar refractivity (Wildman–Crippen MR) is 95.4 cm³/mol. The second-order valence-corrected chi connectivity index (χ2v) is 6.04. The van der Waals surface area contributed by atoms with Crippen LogP contribution in [-0.4, -0.2) is 24.7 Å². The van der Waals surface area contributed by atoms with Gasteiger partial charge in [0.15, 0.2) is 17.5 Å². The Morgan fingerprint density at radius 1 is 1.30 bits per heavy atom. The van der Waals surface area contributed by atoms with Crippen LogP contribution in [-0.2, 0) is 13.1 Å². The van der Waals surface area contributed by atoms with Gasteiger partial charge in [-0.1, -0.05) is 12.1 Å². The first kappa shape index (κ1) is 17.1. The highest BCUT2D eigenvalue weighted by atomic mass is 32.1. The number of para-hydroxylation sites is 1. The van der Waals surface area contributed by atoms with E-state index in [2.05, 4.69) is 34.0 Å². The molecule has 6 heteroatoms. The average Bonchev–Trinajstić information content (AvgIpc) is 2.96. The zero-order valence-electron chi connectivity index (χ0n) is 13.7. The number of phenolic OH excluding ortho intramolecular Hbond substituents is 1. The van der Waals surface area contributed by atoms with Crippen LogP contribution in [0.15, 0.2) is 34.6 Å². The second-order valence-electron chi connectivity index (χ2n) is 5.04. The van der Waals surface area contributed by atoms with Crippen LogP contribution < -0.4 is 15.4 Å². The smallest absolute Gasteiger partial charge is 0.191 e. The fourth-order valence-electron chi connectivity index (χ4n) is 2.12. The highest BCUT2D eigenvalue weighted by molar-refractivity contribution is 7.10. The summed E-state index contributed by atoms with van der Waals surface area (Å²) >= 11 is 1.73. The van der Waals surface area contributed by atoms with Crippen LogP contribution in [0.4, 0.5) is 0 Å². The van der Waals surface area contributed by atoms with Crippen LogP contribution in [0.1, 0.15) is 22.9 Å². The molecule has 0 atom stereocenters. The van der Waals surface area contributed by atoms with Crippen LogP contribution in [0.3, 0.4) is 0 Å². The molecule has 0 spiro atoms. The van der Waals surface area contributed by atoms with Gasteiger partial charge in [-0.05, 0) is 36.9 Å². The number of hydrogen-bond acceptors (Lipinski definition) is 4. The third-order valence-corrected chi connectivity index (χ3v) is 4.46. The normalized spacial score (nSPS) is 11.3. The number of aromatic hydroxyl groups is 1. The molecule has 0 fully saturated rings. The van der Waals surface area contributed by atoms with E-state index in [1.807, 2.05) is 19.1 Å². The average molecular weight is 333 g/mol. The van der Waals surface area contributed by atoms with Gasteiger partial charge in [-0.25, -0.2) is 4.99 Å². The van der Waals surface area contributed by atoms with Crippen LogP contribution in [0.2, 0.25) is 0 Å². The summed E-state index contributed by atoms with van der Waals surface area (Å²) in [5.41, 5.74) is 2.01. The van der Waals surface area contributed by atoms with Gasteiger partial charge in [0, 0.05) is 17.0 Å². The van der Waals surface area contributed by atoms with E-state index in [0.717, 1.165) is 24.6 Å². The van der Waals surface area contributed by atoms with Crippen LogP contribution >= 0.6 is 11.3 Å². The van der Waals surface area contributed by atoms with Crippen molar-refractivity contribution in [3.8, 4) is 11.5 Å². The summed E-state index contributed by atoms with van der Waals surface area (Å²) in [4.78, 5) is 5.82. The van der Waals surface area contributed by atoms with E-state index >= 15 is 0 Å². The summed E-state index contributed by atoms with van der Waals surface area (Å²) in [6, 6.07) is 7.53. The number of ether oxygens (including phenoxy) is 1. The Morgan fingerprint density at radius 3 is 2.78 bits per heavy atom. The van der Waals surface area contributed by atoms with Crippen molar-refractivity contribution in [2.24, 2.45) is 4.99 Å². The topological polar surface area (TPSA) is 65.9 Å². The maximum atomic E-state index is 10.1. The molecule has 0 saturated carbocycles. The van der Waals surface area contributed by atoms with Crippen molar-refractivity contribution in [3.63, 3.8) is 0 Å². The number of benzene rings is 1. The Hall–Kier alpha value is -2.21. The minimum absolute atomic E-state index is 0.142. The number of methoxy groups -OCH3 is 1. The number of rotatable bonds is 6. The van der Waals surface area contributed by atoms with E-state index in [9.17, 15) is 5.11 Å². The van der Waals surface area contributed by atoms with Gasteiger partial charge in [0.1, 0.15) is 0 Å². The third-order valence-electron chi connectivity index (χ3n) is 3.44. The zero-order chi connectivity index (χ0) is 16.7. The van der Waals surface area contributed by atoms with Gasteiger partial charge in [0.25, 0.3) is 0 Å². The summed E-state index contributed by atoms with van der Waals surface area (Å²) in [5.74, 6) is 1.33. The predicted octanol–water partition coefficient (Wildman–Crippen LogP) is 3.03. The molecule has 0 aliphatic rings. The van der Waals surface area contributed by atoms with Crippen molar-refractivity contribution >= 4 is 17.3 Å². The van der Waals surface area contributed by atoms with Crippen LogP contribution in [0, 0.1) is 6.92 Å². The van der Waals surface area contributed by atoms with E-state index in [1.165, 1.54) is 17.6 Å². The summed E-state index contributed by atoms with van der Waals surface area (Å²) in [6.07, 6.45) is 0. The molecule has 5 nitrogen and oxygen atoms in total. The van der Waals surface area contributed by atoms with E-state index < -0.39 is 0 Å². The van der Waals surface area contributed by atoms with Crippen LogP contribution in [0.5, 0.6) is 11.5 Å². The fourth-order valence-corrected chi connectivity index (χ4v) is 2.96. The molecule has 1 aromatic heterocycles. The zero-order valence-corrected chi connectivity index (χ0v) is 14.5. The van der Waals surface area contributed by atoms with Crippen molar-refractivity contribution in [2.45, 2.75) is 26.9 Å². The van der Waals surface area contributed by atoms with Crippen molar-refractivity contribution in [3.05, 3.63) is 45.6 Å². The lowest BCUT2D eigenvalue weighted by Crippen LogP contribution is -2.36. The number of aliphatic imine (C=N–C) groups is 1. The maximum Gasteiger partial charge on any atom is 0.191 e. The Balaban J connectivity index is 2.05. The molecule has 1 aromatic carbocycles. The van der Waals surface area contributed by atoms with Gasteiger partial charge in [-0.15, -0.1) is 11.3 Å². The Bertz CT molecular complexity index is 668. The third kappa shape index (κ3) is 4.63. The van der Waals surface area contributed by atoms with Crippen molar-refractivity contribution in [1.29, 1.82) is 0 Å². The molecular formula is C17H23N3O2S. The first-order valence-corrected chi connectivity index (χ1v) is 8.43. The maximum absolute atomic E-state index is 10.1. The lowest BCUT2D eigenvalue weighted by Gasteiger charge is -2.12. The van der Waals surface area contributed by atoms with E-state index in [4.69, 9.17) is 4.74 Å². The molecule has 0 radical (unpaired) electrons. The largest absolute Gasteiger partial charge is 0.504 e. The van der Waals surface area contributed by atoms with Crippen molar-refractivity contribution < 1.29 is 9.84 Å². The second kappa shape index (κ2) is 8.43. The summed E-state index contributed by atoms with van der Waals surface area (Å²) < 4.78 is 5.12. The molecule has 0 aliphatic heterocycles. The van der Waals surface area contributed by atoms with Crippen LogP contribution in [0.25, 0.3) is 0 Å². The highest BCUT2D eigenvalue weighted by Crippen LogP contribution is 2.29. The monoisotopic (exact) mass is 333 g/mol. The molecular weight excluding hydrogens is 310 g/mol. The molecule has 3 N–H and O–H groups in total. The van der Waals surface area contributed by atoms with E-state index in [1.54, 1.807) is 17.4 Å². The standard InChI is InChI=1S/C17H23N3O2S/c1-4-18-17(20-11-15-12(2)8-9-23-15)19-10-13-6-5-7-14(22-3)16(13)21/h5-9,21H,4,10-11H2,1-3H3,(H2,18,19,20). The Labute approximate surface area is 141 Å². The fraction of sp³-hybridized carbons (Fsp3) is 0.353. The molecule has 124 valence electrons. The highest BCUT2D eigenvalue weighted by Gasteiger charge is 2.07. The van der Waals surface area contributed by atoms with E-state index in [-0.39, 0.29) is 5.75 Å². The molecule has 2 aromatic rings. The Kier molecular flexibility index (Phi) is 6.29. The minimum Gasteiger partial charge on any atom is -0.504 e. The molecule has 0 amide bonds. The summed E-state index contributed by atoms with van der Waals surface area (Å²) in [5, 5.41) is 18.7. The molecule has 0 bridgehead atoms. The number of phenols is 1. The molecule has 0 unspecified atom stereocenters. The van der Waals surface area contributed by atoms with E-state index in [0.29, 0.717) is 12.3 Å². The number of thiophene rings is 1. The van der Waals surface area contributed by atoms with Crippen molar-refractivity contribution in [2.75, 3.05) is 13.7 Å². The van der Waals surface area contributed by atoms with Gasteiger partial charge in [-0.2, -0.15) is 0 Å². The molecule has 0 saturated heterocycles.